The van der Waals surface area contributed by atoms with Crippen molar-refractivity contribution in [3.8, 4) is 5.75 Å². The Morgan fingerprint density at radius 1 is 1.47 bits per heavy atom. The molecule has 0 aliphatic heterocycles. The average Bonchev–Trinajstić information content (AvgIpc) is 2.54. The average molecular weight is 234 g/mol. The highest BCUT2D eigenvalue weighted by molar-refractivity contribution is 5.91. The molecule has 90 valence electrons. The summed E-state index contributed by atoms with van der Waals surface area (Å²) < 4.78 is 7.18. The van der Waals surface area contributed by atoms with Crippen molar-refractivity contribution >= 4 is 11.6 Å². The Balaban J connectivity index is 2.61. The Labute approximate surface area is 98.7 Å². The second-order valence-corrected chi connectivity index (χ2v) is 4.17. The van der Waals surface area contributed by atoms with Gasteiger partial charge in [0.2, 0.25) is 0 Å². The number of fused-ring (bicyclic) bond motifs is 1. The van der Waals surface area contributed by atoms with Crippen LogP contribution in [0, 0.1) is 6.92 Å². The number of carboxylic acid groups (broad SMARTS) is 1. The molecule has 2 rings (SSSR count). The monoisotopic (exact) mass is 234 g/mol. The number of aromatic carboxylic acids is 1. The number of aromatic nitrogens is 2. The van der Waals surface area contributed by atoms with E-state index in [1.165, 1.54) is 6.20 Å². The first kappa shape index (κ1) is 11.4. The van der Waals surface area contributed by atoms with E-state index >= 15 is 0 Å². The van der Waals surface area contributed by atoms with E-state index in [9.17, 15) is 4.79 Å². The highest BCUT2D eigenvalue weighted by Crippen LogP contribution is 2.22. The minimum atomic E-state index is -1.01. The second kappa shape index (κ2) is 4.08. The zero-order chi connectivity index (χ0) is 12.6. The summed E-state index contributed by atoms with van der Waals surface area (Å²) in [5.41, 5.74) is 1.66. The van der Waals surface area contributed by atoms with Crippen LogP contribution in [-0.2, 0) is 0 Å². The van der Waals surface area contributed by atoms with Gasteiger partial charge in [-0.1, -0.05) is 0 Å². The minimum absolute atomic E-state index is 0.0772. The number of nitrogens with zero attached hydrogens (tertiary/aromatic N) is 2. The van der Waals surface area contributed by atoms with E-state index in [2.05, 4.69) is 4.98 Å². The van der Waals surface area contributed by atoms with Gasteiger partial charge in [-0.05, 0) is 20.8 Å². The van der Waals surface area contributed by atoms with Crippen LogP contribution < -0.4 is 4.74 Å². The molecule has 0 aliphatic carbocycles. The summed E-state index contributed by atoms with van der Waals surface area (Å²) >= 11 is 0. The van der Waals surface area contributed by atoms with Gasteiger partial charge in [-0.3, -0.25) is 0 Å². The minimum Gasteiger partial charge on any atom is -0.490 e. The molecule has 2 aromatic heterocycles. The van der Waals surface area contributed by atoms with Crippen LogP contribution >= 0.6 is 0 Å². The van der Waals surface area contributed by atoms with Crippen LogP contribution in [0.2, 0.25) is 0 Å². The number of pyridine rings is 1. The number of ether oxygens (including phenoxy) is 1. The molecule has 2 heterocycles. The summed E-state index contributed by atoms with van der Waals surface area (Å²) in [5.74, 6) is -0.653. The van der Waals surface area contributed by atoms with Crippen LogP contribution in [0.3, 0.4) is 0 Å². The van der Waals surface area contributed by atoms with Gasteiger partial charge in [-0.15, -0.1) is 0 Å². The van der Waals surface area contributed by atoms with E-state index in [1.54, 1.807) is 16.7 Å². The molecule has 0 bridgehead atoms. The molecular weight excluding hydrogens is 220 g/mol. The molecular formula is C12H14N2O3. The summed E-state index contributed by atoms with van der Waals surface area (Å²) in [6, 6.07) is 1.65. The third kappa shape index (κ3) is 2.22. The number of rotatable bonds is 3. The van der Waals surface area contributed by atoms with Crippen molar-refractivity contribution in [1.82, 2.24) is 9.38 Å². The normalized spacial score (nSPS) is 11.1. The van der Waals surface area contributed by atoms with Crippen molar-refractivity contribution in [2.24, 2.45) is 0 Å². The lowest BCUT2D eigenvalue weighted by Gasteiger charge is -2.12. The first-order valence-corrected chi connectivity index (χ1v) is 5.36. The number of hydrogen-bond donors (Lipinski definition) is 1. The van der Waals surface area contributed by atoms with Crippen molar-refractivity contribution in [3.63, 3.8) is 0 Å². The predicted molar refractivity (Wildman–Crippen MR) is 62.7 cm³/mol. The largest absolute Gasteiger partial charge is 0.490 e. The van der Waals surface area contributed by atoms with Crippen molar-refractivity contribution in [3.05, 3.63) is 29.7 Å². The summed E-state index contributed by atoms with van der Waals surface area (Å²) in [5, 5.41) is 9.13. The van der Waals surface area contributed by atoms with Crippen LogP contribution in [0.4, 0.5) is 0 Å². The highest BCUT2D eigenvalue weighted by atomic mass is 16.5. The van der Waals surface area contributed by atoms with Gasteiger partial charge in [0.25, 0.3) is 0 Å². The molecule has 17 heavy (non-hydrogen) atoms. The van der Waals surface area contributed by atoms with Gasteiger partial charge in [0, 0.05) is 18.5 Å². The molecule has 1 N–H and O–H groups in total. The molecule has 0 aliphatic rings. The highest BCUT2D eigenvalue weighted by Gasteiger charge is 2.15. The smallest absolute Gasteiger partial charge is 0.341 e. The second-order valence-electron chi connectivity index (χ2n) is 4.17. The van der Waals surface area contributed by atoms with Gasteiger partial charge in [0.1, 0.15) is 17.0 Å². The number of aryl methyl sites for hydroxylation is 1. The van der Waals surface area contributed by atoms with Crippen LogP contribution in [0.15, 0.2) is 18.5 Å². The van der Waals surface area contributed by atoms with E-state index in [0.717, 1.165) is 5.69 Å². The van der Waals surface area contributed by atoms with Gasteiger partial charge in [0.15, 0.2) is 0 Å². The number of carboxylic acids is 1. The lowest BCUT2D eigenvalue weighted by Crippen LogP contribution is -2.10. The van der Waals surface area contributed by atoms with Crippen molar-refractivity contribution in [1.29, 1.82) is 0 Å². The molecule has 5 nitrogen and oxygen atoms in total. The molecule has 0 saturated carbocycles. The summed E-state index contributed by atoms with van der Waals surface area (Å²) in [6.07, 6.45) is 3.22. The quantitative estimate of drug-likeness (QED) is 0.883. The van der Waals surface area contributed by atoms with E-state index in [0.29, 0.717) is 11.4 Å². The Bertz CT molecular complexity index is 572. The molecule has 2 aromatic rings. The molecule has 0 aromatic carbocycles. The molecule has 0 saturated heterocycles. The standard InChI is InChI=1S/C12H14N2O3/c1-7(2)17-10-4-11-13-8(3)5-14(11)6-9(10)12(15)16/h4-7H,1-3H3,(H,15,16). The first-order valence-electron chi connectivity index (χ1n) is 5.36. The molecule has 0 radical (unpaired) electrons. The zero-order valence-corrected chi connectivity index (χ0v) is 9.97. The Morgan fingerprint density at radius 3 is 2.76 bits per heavy atom. The fraction of sp³-hybridized carbons (Fsp3) is 0.333. The molecule has 5 heteroatoms. The lowest BCUT2D eigenvalue weighted by atomic mass is 10.2. The molecule has 0 fully saturated rings. The molecule has 0 unspecified atom stereocenters. The maximum absolute atomic E-state index is 11.1. The van der Waals surface area contributed by atoms with Crippen LogP contribution in [0.5, 0.6) is 5.75 Å². The maximum atomic E-state index is 11.1. The topological polar surface area (TPSA) is 63.8 Å². The van der Waals surface area contributed by atoms with E-state index in [-0.39, 0.29) is 11.7 Å². The summed E-state index contributed by atoms with van der Waals surface area (Å²) in [7, 11) is 0. The van der Waals surface area contributed by atoms with Crippen LogP contribution in [-0.4, -0.2) is 26.6 Å². The third-order valence-electron chi connectivity index (χ3n) is 2.27. The zero-order valence-electron chi connectivity index (χ0n) is 9.97. The van der Waals surface area contributed by atoms with E-state index in [1.807, 2.05) is 20.8 Å². The van der Waals surface area contributed by atoms with Gasteiger partial charge >= 0.3 is 5.97 Å². The van der Waals surface area contributed by atoms with Crippen LogP contribution in [0.1, 0.15) is 29.9 Å². The third-order valence-corrected chi connectivity index (χ3v) is 2.27. The fourth-order valence-electron chi connectivity index (χ4n) is 1.65. The number of imidazole rings is 1. The Hall–Kier alpha value is -2.04. The number of hydrogen-bond acceptors (Lipinski definition) is 3. The van der Waals surface area contributed by atoms with Crippen molar-refractivity contribution in [2.75, 3.05) is 0 Å². The van der Waals surface area contributed by atoms with E-state index in [4.69, 9.17) is 9.84 Å². The first-order chi connectivity index (χ1) is 7.97. The lowest BCUT2D eigenvalue weighted by molar-refractivity contribution is 0.0690. The van der Waals surface area contributed by atoms with E-state index < -0.39 is 5.97 Å². The Kier molecular flexibility index (Phi) is 2.75. The summed E-state index contributed by atoms with van der Waals surface area (Å²) in [4.78, 5) is 15.4. The Morgan fingerprint density at radius 2 is 2.18 bits per heavy atom. The fourth-order valence-corrected chi connectivity index (χ4v) is 1.65. The molecule has 0 amide bonds. The van der Waals surface area contributed by atoms with Crippen molar-refractivity contribution in [2.45, 2.75) is 26.9 Å². The van der Waals surface area contributed by atoms with Gasteiger partial charge in [0.05, 0.1) is 11.8 Å². The molecule has 0 atom stereocenters. The van der Waals surface area contributed by atoms with Crippen molar-refractivity contribution < 1.29 is 14.6 Å². The maximum Gasteiger partial charge on any atom is 0.341 e. The molecule has 0 spiro atoms. The SMILES string of the molecule is Cc1cn2cc(C(=O)O)c(OC(C)C)cc2n1. The van der Waals surface area contributed by atoms with Crippen LogP contribution in [0.25, 0.3) is 5.65 Å². The summed E-state index contributed by atoms with van der Waals surface area (Å²) in [6.45, 7) is 5.57. The van der Waals surface area contributed by atoms with Gasteiger partial charge < -0.3 is 14.2 Å². The van der Waals surface area contributed by atoms with Gasteiger partial charge in [-0.25, -0.2) is 9.78 Å². The predicted octanol–water partition coefficient (Wildman–Crippen LogP) is 2.13. The number of carbonyl (C=O) groups is 1. The van der Waals surface area contributed by atoms with Gasteiger partial charge in [-0.2, -0.15) is 0 Å².